The summed E-state index contributed by atoms with van der Waals surface area (Å²) in [5.41, 5.74) is 5.63. The first kappa shape index (κ1) is 31.7. The number of rotatable bonds is 6. The number of carbonyl (C=O) groups excluding carboxylic acids is 2. The molecular weight excluding hydrogens is 620 g/mol. The van der Waals surface area contributed by atoms with Crippen LogP contribution in [0.1, 0.15) is 31.8 Å². The molecule has 0 aliphatic heterocycles. The molecule has 0 aliphatic carbocycles. The molecule has 0 N–H and O–H groups in total. The van der Waals surface area contributed by atoms with Crippen LogP contribution in [0.15, 0.2) is 201 Å². The van der Waals surface area contributed by atoms with Crippen LogP contribution in [0, 0.1) is 0 Å². The highest BCUT2D eigenvalue weighted by atomic mass is 16.3. The first-order valence-corrected chi connectivity index (χ1v) is 16.1. The van der Waals surface area contributed by atoms with Gasteiger partial charge in [0.15, 0.2) is 11.6 Å². The third kappa shape index (κ3) is 7.30. The third-order valence-electron chi connectivity index (χ3n) is 7.85. The monoisotopic (exact) mass is 650 g/mol. The molecule has 240 valence electrons. The lowest BCUT2D eigenvalue weighted by atomic mass is 10.0. The maximum Gasteiger partial charge on any atom is 0.231 e. The van der Waals surface area contributed by atoms with E-state index in [1.54, 1.807) is 24.3 Å². The van der Waals surface area contributed by atoms with Gasteiger partial charge in [0.25, 0.3) is 0 Å². The van der Waals surface area contributed by atoms with Crippen molar-refractivity contribution in [3.05, 3.63) is 215 Å². The van der Waals surface area contributed by atoms with Gasteiger partial charge in [-0.3, -0.25) is 9.59 Å². The minimum atomic E-state index is -0.107. The lowest BCUT2D eigenvalue weighted by molar-refractivity contribution is 0.102. The van der Waals surface area contributed by atoms with Gasteiger partial charge in [-0.25, -0.2) is 9.98 Å². The second kappa shape index (κ2) is 14.9. The van der Waals surface area contributed by atoms with Gasteiger partial charge < -0.3 is 8.83 Å². The van der Waals surface area contributed by atoms with Crippen molar-refractivity contribution in [1.82, 2.24) is 0 Å². The standard InChI is InChI=1S/2C22H15NO2/c2*24-21(16-9-3-1-4-10-16)19-15-17-11-7-8-14-20(17)25-22(19)23-18-12-5-2-6-13-18/h2*1-15H. The summed E-state index contributed by atoms with van der Waals surface area (Å²) in [5.74, 6) is -0.213. The molecule has 6 heteroatoms. The minimum Gasteiger partial charge on any atom is -0.438 e. The molecule has 0 fully saturated rings. The summed E-state index contributed by atoms with van der Waals surface area (Å²) in [6.07, 6.45) is 0. The van der Waals surface area contributed by atoms with Crippen molar-refractivity contribution in [3.8, 4) is 0 Å². The largest absolute Gasteiger partial charge is 0.438 e. The summed E-state index contributed by atoms with van der Waals surface area (Å²) >= 11 is 0. The Kier molecular flexibility index (Phi) is 9.42. The Morgan fingerprint density at radius 1 is 0.380 bits per heavy atom. The van der Waals surface area contributed by atoms with E-state index in [-0.39, 0.29) is 11.6 Å². The summed E-state index contributed by atoms with van der Waals surface area (Å²) in [6.45, 7) is 0. The van der Waals surface area contributed by atoms with Gasteiger partial charge in [-0.1, -0.05) is 133 Å². The van der Waals surface area contributed by atoms with Gasteiger partial charge in [0.05, 0.1) is 22.5 Å². The lowest BCUT2D eigenvalue weighted by Gasteiger charge is -2.04. The number of para-hydroxylation sites is 4. The van der Waals surface area contributed by atoms with Gasteiger partial charge in [0.2, 0.25) is 11.1 Å². The zero-order valence-corrected chi connectivity index (χ0v) is 26.8. The van der Waals surface area contributed by atoms with E-state index in [9.17, 15) is 9.59 Å². The highest BCUT2D eigenvalue weighted by Gasteiger charge is 2.16. The number of hydrogen-bond acceptors (Lipinski definition) is 6. The average Bonchev–Trinajstić information content (AvgIpc) is 3.18. The first-order valence-electron chi connectivity index (χ1n) is 16.1. The Morgan fingerprint density at radius 3 is 1.08 bits per heavy atom. The van der Waals surface area contributed by atoms with Crippen LogP contribution >= 0.6 is 0 Å². The fourth-order valence-corrected chi connectivity index (χ4v) is 5.36. The molecule has 50 heavy (non-hydrogen) atoms. The predicted octanol–water partition coefficient (Wildman–Crippen LogP) is 9.79. The molecule has 8 aromatic rings. The van der Waals surface area contributed by atoms with E-state index in [1.165, 1.54) is 0 Å². The van der Waals surface area contributed by atoms with E-state index in [1.807, 2.05) is 158 Å². The van der Waals surface area contributed by atoms with E-state index in [0.29, 0.717) is 44.5 Å². The third-order valence-corrected chi connectivity index (χ3v) is 7.85. The molecule has 0 atom stereocenters. The number of benzene rings is 6. The highest BCUT2D eigenvalue weighted by molar-refractivity contribution is 6.10. The quantitative estimate of drug-likeness (QED) is 0.168. The van der Waals surface area contributed by atoms with E-state index in [0.717, 1.165) is 22.1 Å². The fraction of sp³-hybridized carbons (Fsp3) is 0. The zero-order valence-electron chi connectivity index (χ0n) is 26.8. The Hall–Kier alpha value is -6.92. The van der Waals surface area contributed by atoms with Gasteiger partial charge in [0, 0.05) is 21.9 Å². The molecule has 0 unspecified atom stereocenters. The molecule has 2 aromatic heterocycles. The van der Waals surface area contributed by atoms with Gasteiger partial charge in [-0.05, 0) is 48.5 Å². The summed E-state index contributed by atoms with van der Waals surface area (Å²) in [4.78, 5) is 35.1. The average molecular weight is 651 g/mol. The smallest absolute Gasteiger partial charge is 0.231 e. The maximum absolute atomic E-state index is 13.0. The predicted molar refractivity (Wildman–Crippen MR) is 196 cm³/mol. The molecule has 0 amide bonds. The molecule has 6 aromatic carbocycles. The Bertz CT molecular complexity index is 2380. The number of nitrogens with zero attached hydrogens (tertiary/aromatic N) is 2. The SMILES string of the molecule is O=C(c1ccccc1)c1cc2ccccc2oc1=Nc1ccccc1.O=C(c1ccccc1)c1cc2ccccc2oc1=Nc1ccccc1. The Labute approximate surface area is 288 Å². The number of hydrogen-bond donors (Lipinski definition) is 0. The van der Waals surface area contributed by atoms with Crippen LogP contribution in [-0.4, -0.2) is 11.6 Å². The Morgan fingerprint density at radius 2 is 0.700 bits per heavy atom. The van der Waals surface area contributed by atoms with Crippen LogP contribution < -0.4 is 11.1 Å². The second-order valence-corrected chi connectivity index (χ2v) is 11.3. The van der Waals surface area contributed by atoms with Gasteiger partial charge in [-0.15, -0.1) is 0 Å². The van der Waals surface area contributed by atoms with Crippen molar-refractivity contribution in [2.24, 2.45) is 9.98 Å². The van der Waals surface area contributed by atoms with E-state index in [4.69, 9.17) is 8.83 Å². The first-order chi connectivity index (χ1) is 24.6. The highest BCUT2D eigenvalue weighted by Crippen LogP contribution is 2.19. The molecule has 0 saturated carbocycles. The van der Waals surface area contributed by atoms with Crippen molar-refractivity contribution < 1.29 is 18.4 Å². The lowest BCUT2D eigenvalue weighted by Crippen LogP contribution is -2.16. The van der Waals surface area contributed by atoms with Gasteiger partial charge in [0.1, 0.15) is 11.2 Å². The van der Waals surface area contributed by atoms with Crippen molar-refractivity contribution in [1.29, 1.82) is 0 Å². The number of fused-ring (bicyclic) bond motifs is 2. The van der Waals surface area contributed by atoms with Crippen molar-refractivity contribution in [3.63, 3.8) is 0 Å². The summed E-state index contributed by atoms with van der Waals surface area (Å²) in [7, 11) is 0. The van der Waals surface area contributed by atoms with Gasteiger partial charge in [-0.2, -0.15) is 0 Å². The van der Waals surface area contributed by atoms with Gasteiger partial charge >= 0.3 is 0 Å². The van der Waals surface area contributed by atoms with Crippen LogP contribution in [0.3, 0.4) is 0 Å². The van der Waals surface area contributed by atoms with Crippen molar-refractivity contribution >= 4 is 44.9 Å². The van der Waals surface area contributed by atoms with Crippen molar-refractivity contribution in [2.45, 2.75) is 0 Å². The summed E-state index contributed by atoms with van der Waals surface area (Å²) < 4.78 is 11.9. The molecule has 0 saturated heterocycles. The molecule has 2 heterocycles. The van der Waals surface area contributed by atoms with Crippen LogP contribution in [0.25, 0.3) is 21.9 Å². The van der Waals surface area contributed by atoms with E-state index in [2.05, 4.69) is 9.98 Å². The topological polar surface area (TPSA) is 85.1 Å². The van der Waals surface area contributed by atoms with Crippen molar-refractivity contribution in [2.75, 3.05) is 0 Å². The normalized spacial score (nSPS) is 11.6. The minimum absolute atomic E-state index is 0.107. The molecule has 0 radical (unpaired) electrons. The number of carbonyl (C=O) groups is 2. The van der Waals surface area contributed by atoms with E-state index < -0.39 is 0 Å². The zero-order chi connectivity index (χ0) is 34.1. The Balaban J connectivity index is 0.000000157. The van der Waals surface area contributed by atoms with Crippen LogP contribution in [-0.2, 0) is 0 Å². The number of ketones is 2. The van der Waals surface area contributed by atoms with Crippen LogP contribution in [0.5, 0.6) is 0 Å². The molecule has 0 aliphatic rings. The molecule has 6 nitrogen and oxygen atoms in total. The second-order valence-electron chi connectivity index (χ2n) is 11.3. The van der Waals surface area contributed by atoms with E-state index >= 15 is 0 Å². The molecule has 0 bridgehead atoms. The van der Waals surface area contributed by atoms with Crippen LogP contribution in [0.2, 0.25) is 0 Å². The fourth-order valence-electron chi connectivity index (χ4n) is 5.36. The maximum atomic E-state index is 13.0. The van der Waals surface area contributed by atoms with Crippen LogP contribution in [0.4, 0.5) is 11.4 Å². The molecule has 8 rings (SSSR count). The molecular formula is C44H30N2O4. The summed E-state index contributed by atoms with van der Waals surface area (Å²) in [6, 6.07) is 56.2. The molecule has 0 spiro atoms. The summed E-state index contributed by atoms with van der Waals surface area (Å²) in [5, 5.41) is 1.74.